The SMILES string of the molecule is C=C(C)/C(=C\C1=C(OC(C)C)C(C)(O)C1=O)CCCC. The summed E-state index contributed by atoms with van der Waals surface area (Å²) in [4.78, 5) is 12.0. The Hall–Kier alpha value is -1.35. The average molecular weight is 278 g/mol. The van der Waals surface area contributed by atoms with Gasteiger partial charge in [0, 0.05) is 0 Å². The lowest BCUT2D eigenvalue weighted by Gasteiger charge is -2.36. The van der Waals surface area contributed by atoms with Crippen LogP contribution in [0.2, 0.25) is 0 Å². The Balaban J connectivity index is 3.12. The van der Waals surface area contributed by atoms with Crippen LogP contribution in [-0.2, 0) is 9.53 Å². The maximum absolute atomic E-state index is 12.0. The van der Waals surface area contributed by atoms with Crippen molar-refractivity contribution in [2.24, 2.45) is 0 Å². The largest absolute Gasteiger partial charge is 0.491 e. The van der Waals surface area contributed by atoms with Crippen molar-refractivity contribution >= 4 is 5.78 Å². The van der Waals surface area contributed by atoms with Crippen molar-refractivity contribution in [3.63, 3.8) is 0 Å². The van der Waals surface area contributed by atoms with E-state index in [0.29, 0.717) is 11.3 Å². The van der Waals surface area contributed by atoms with E-state index >= 15 is 0 Å². The molecule has 0 radical (unpaired) electrons. The van der Waals surface area contributed by atoms with Gasteiger partial charge in [0.05, 0.1) is 11.7 Å². The minimum atomic E-state index is -1.49. The summed E-state index contributed by atoms with van der Waals surface area (Å²) in [6.07, 6.45) is 4.79. The van der Waals surface area contributed by atoms with Crippen molar-refractivity contribution < 1.29 is 14.6 Å². The molecule has 1 aliphatic carbocycles. The van der Waals surface area contributed by atoms with Crippen molar-refractivity contribution in [3.8, 4) is 0 Å². The molecule has 1 atom stereocenters. The summed E-state index contributed by atoms with van der Waals surface area (Å²) in [7, 11) is 0. The third-order valence-electron chi connectivity index (χ3n) is 3.39. The summed E-state index contributed by atoms with van der Waals surface area (Å²) in [5.74, 6) is 0.108. The number of hydrogen-bond donors (Lipinski definition) is 1. The molecule has 0 fully saturated rings. The van der Waals surface area contributed by atoms with Crippen LogP contribution in [-0.4, -0.2) is 22.6 Å². The van der Waals surface area contributed by atoms with Crippen molar-refractivity contribution in [3.05, 3.63) is 35.1 Å². The third-order valence-corrected chi connectivity index (χ3v) is 3.39. The van der Waals surface area contributed by atoms with Gasteiger partial charge in [0.1, 0.15) is 5.76 Å². The molecule has 112 valence electrons. The molecular formula is C17H26O3. The molecule has 3 nitrogen and oxygen atoms in total. The molecule has 0 saturated carbocycles. The van der Waals surface area contributed by atoms with Crippen molar-refractivity contribution in [2.45, 2.75) is 65.6 Å². The fourth-order valence-corrected chi connectivity index (χ4v) is 2.16. The highest BCUT2D eigenvalue weighted by atomic mass is 16.5. The first kappa shape index (κ1) is 16.7. The zero-order valence-corrected chi connectivity index (χ0v) is 13.2. The summed E-state index contributed by atoms with van der Waals surface area (Å²) in [5.41, 5.74) is 1.00. The molecule has 0 aromatic carbocycles. The Labute approximate surface area is 122 Å². The highest BCUT2D eigenvalue weighted by Crippen LogP contribution is 2.38. The number of carbonyl (C=O) groups excluding carboxylic acids is 1. The quantitative estimate of drug-likeness (QED) is 0.722. The highest BCUT2D eigenvalue weighted by molar-refractivity contribution is 6.13. The molecule has 0 bridgehead atoms. The smallest absolute Gasteiger partial charge is 0.205 e. The molecule has 0 aromatic rings. The Morgan fingerprint density at radius 2 is 2.10 bits per heavy atom. The maximum atomic E-state index is 12.0. The van der Waals surface area contributed by atoms with Crippen LogP contribution < -0.4 is 0 Å². The van der Waals surface area contributed by atoms with Crippen LogP contribution in [0, 0.1) is 0 Å². The number of rotatable bonds is 7. The predicted octanol–water partition coefficient (Wildman–Crippen LogP) is 3.69. The molecule has 0 aromatic heterocycles. The van der Waals surface area contributed by atoms with Gasteiger partial charge in [-0.2, -0.15) is 0 Å². The monoisotopic (exact) mass is 278 g/mol. The van der Waals surface area contributed by atoms with Gasteiger partial charge in [-0.3, -0.25) is 4.79 Å². The van der Waals surface area contributed by atoms with Crippen molar-refractivity contribution in [1.82, 2.24) is 0 Å². The van der Waals surface area contributed by atoms with Crippen molar-refractivity contribution in [2.75, 3.05) is 0 Å². The first-order valence-corrected chi connectivity index (χ1v) is 7.26. The molecule has 1 aliphatic rings. The van der Waals surface area contributed by atoms with Gasteiger partial charge in [0.15, 0.2) is 5.60 Å². The van der Waals surface area contributed by atoms with E-state index in [9.17, 15) is 9.90 Å². The second kappa shape index (κ2) is 6.40. The second-order valence-electron chi connectivity index (χ2n) is 5.86. The summed E-state index contributed by atoms with van der Waals surface area (Å²) < 4.78 is 5.60. The molecule has 1 rings (SSSR count). The highest BCUT2D eigenvalue weighted by Gasteiger charge is 2.50. The van der Waals surface area contributed by atoms with Gasteiger partial charge in [-0.05, 0) is 52.2 Å². The van der Waals surface area contributed by atoms with Crippen LogP contribution in [0.5, 0.6) is 0 Å². The summed E-state index contributed by atoms with van der Waals surface area (Å²) in [6, 6.07) is 0. The Morgan fingerprint density at radius 1 is 1.50 bits per heavy atom. The zero-order chi connectivity index (χ0) is 15.5. The molecule has 1 N–H and O–H groups in total. The second-order valence-corrected chi connectivity index (χ2v) is 5.86. The Bertz CT molecular complexity index is 465. The number of Topliss-reactive ketones (excluding diaryl/α,β-unsaturated/α-hetero) is 1. The van der Waals surface area contributed by atoms with Gasteiger partial charge < -0.3 is 9.84 Å². The van der Waals surface area contributed by atoms with Crippen LogP contribution in [0.3, 0.4) is 0 Å². The number of allylic oxidation sites excluding steroid dienone is 3. The lowest BCUT2D eigenvalue weighted by atomic mass is 9.77. The normalized spacial score (nSPS) is 23.1. The molecule has 20 heavy (non-hydrogen) atoms. The van der Waals surface area contributed by atoms with Gasteiger partial charge in [-0.15, -0.1) is 0 Å². The first-order chi connectivity index (χ1) is 9.21. The molecule has 0 aliphatic heterocycles. The van der Waals surface area contributed by atoms with Gasteiger partial charge in [-0.1, -0.05) is 25.5 Å². The fourth-order valence-electron chi connectivity index (χ4n) is 2.16. The third kappa shape index (κ3) is 3.40. The summed E-state index contributed by atoms with van der Waals surface area (Å²) >= 11 is 0. The van der Waals surface area contributed by atoms with Gasteiger partial charge in [-0.25, -0.2) is 0 Å². The number of unbranched alkanes of at least 4 members (excludes halogenated alkanes) is 1. The van der Waals surface area contributed by atoms with E-state index in [0.717, 1.165) is 30.4 Å². The van der Waals surface area contributed by atoms with Crippen molar-refractivity contribution in [1.29, 1.82) is 0 Å². The van der Waals surface area contributed by atoms with E-state index in [-0.39, 0.29) is 11.9 Å². The molecule has 0 spiro atoms. The standard InChI is InChI=1S/C17H26O3/c1-7-8-9-13(11(2)3)10-14-15(18)17(6,19)16(14)20-12(4)5/h10,12,19H,2,7-9H2,1,3-6H3/b13-10-. The van der Waals surface area contributed by atoms with E-state index in [2.05, 4.69) is 13.5 Å². The molecule has 0 heterocycles. The number of ketones is 1. The van der Waals surface area contributed by atoms with E-state index in [4.69, 9.17) is 4.74 Å². The molecule has 3 heteroatoms. The topological polar surface area (TPSA) is 46.5 Å². The number of hydrogen-bond acceptors (Lipinski definition) is 3. The summed E-state index contributed by atoms with van der Waals surface area (Å²) in [5, 5.41) is 10.1. The zero-order valence-electron chi connectivity index (χ0n) is 13.2. The van der Waals surface area contributed by atoms with Crippen LogP contribution in [0.15, 0.2) is 35.1 Å². The number of ether oxygens (including phenoxy) is 1. The van der Waals surface area contributed by atoms with Gasteiger partial charge >= 0.3 is 0 Å². The number of aliphatic hydroxyl groups is 1. The van der Waals surface area contributed by atoms with E-state index in [1.54, 1.807) is 0 Å². The van der Waals surface area contributed by atoms with Gasteiger partial charge in [0.2, 0.25) is 5.78 Å². The lowest BCUT2D eigenvalue weighted by molar-refractivity contribution is -0.138. The lowest BCUT2D eigenvalue weighted by Crippen LogP contribution is -2.49. The summed E-state index contributed by atoms with van der Waals surface area (Å²) in [6.45, 7) is 13.3. The van der Waals surface area contributed by atoms with E-state index in [1.165, 1.54) is 6.92 Å². The first-order valence-electron chi connectivity index (χ1n) is 7.26. The van der Waals surface area contributed by atoms with Crippen LogP contribution >= 0.6 is 0 Å². The van der Waals surface area contributed by atoms with E-state index < -0.39 is 5.60 Å². The molecule has 0 saturated heterocycles. The van der Waals surface area contributed by atoms with Crippen LogP contribution in [0.1, 0.15) is 53.9 Å². The fraction of sp³-hybridized carbons (Fsp3) is 0.588. The van der Waals surface area contributed by atoms with E-state index in [1.807, 2.05) is 26.8 Å². The average Bonchev–Trinajstić information content (AvgIpc) is 2.36. The predicted molar refractivity (Wildman–Crippen MR) is 81.3 cm³/mol. The number of carbonyl (C=O) groups is 1. The maximum Gasteiger partial charge on any atom is 0.205 e. The minimum Gasteiger partial charge on any atom is -0.491 e. The van der Waals surface area contributed by atoms with Crippen LogP contribution in [0.25, 0.3) is 0 Å². The minimum absolute atomic E-state index is 0.0723. The van der Waals surface area contributed by atoms with Crippen LogP contribution in [0.4, 0.5) is 0 Å². The van der Waals surface area contributed by atoms with Gasteiger partial charge in [0.25, 0.3) is 0 Å². The molecular weight excluding hydrogens is 252 g/mol. The molecule has 1 unspecified atom stereocenters. The Kier molecular flexibility index (Phi) is 5.35. The Morgan fingerprint density at radius 3 is 2.55 bits per heavy atom. The molecule has 0 amide bonds.